The van der Waals surface area contributed by atoms with Gasteiger partial charge in [-0.1, -0.05) is 31.9 Å². The zero-order valence-corrected chi connectivity index (χ0v) is 10.5. The van der Waals surface area contributed by atoms with E-state index in [0.717, 1.165) is 37.3 Å². The van der Waals surface area contributed by atoms with E-state index < -0.39 is 5.97 Å². The third kappa shape index (κ3) is 9.35. The van der Waals surface area contributed by atoms with Crippen LogP contribution in [0.15, 0.2) is 23.8 Å². The third-order valence-electron chi connectivity index (χ3n) is 2.30. The van der Waals surface area contributed by atoms with Crippen molar-refractivity contribution in [1.29, 1.82) is 0 Å². The molecule has 0 bridgehead atoms. The second kappa shape index (κ2) is 9.63. The Balaban J connectivity index is 4.38. The van der Waals surface area contributed by atoms with Crippen LogP contribution in [0.1, 0.15) is 39.0 Å². The maximum atomic E-state index is 11.2. The summed E-state index contributed by atoms with van der Waals surface area (Å²) in [6.45, 7) is 2.12. The molecule has 4 heteroatoms. The fourth-order valence-electron chi connectivity index (χ4n) is 1.33. The summed E-state index contributed by atoms with van der Waals surface area (Å²) in [7, 11) is 1.57. The topological polar surface area (TPSA) is 66.4 Å². The lowest BCUT2D eigenvalue weighted by Gasteiger charge is -2.01. The van der Waals surface area contributed by atoms with Gasteiger partial charge in [-0.25, -0.2) is 4.79 Å². The Bertz CT molecular complexity index is 306. The Morgan fingerprint density at radius 1 is 1.24 bits per heavy atom. The first-order valence-corrected chi connectivity index (χ1v) is 5.90. The molecule has 96 valence electrons. The Hall–Kier alpha value is -1.58. The Labute approximate surface area is 102 Å². The summed E-state index contributed by atoms with van der Waals surface area (Å²) in [4.78, 5) is 21.6. The first-order valence-electron chi connectivity index (χ1n) is 5.90. The van der Waals surface area contributed by atoms with Gasteiger partial charge in [0.2, 0.25) is 5.91 Å². The largest absolute Gasteiger partial charge is 0.478 e. The predicted octanol–water partition coefficient (Wildman–Crippen LogP) is 2.27. The van der Waals surface area contributed by atoms with E-state index in [-0.39, 0.29) is 12.3 Å². The van der Waals surface area contributed by atoms with E-state index >= 15 is 0 Å². The van der Waals surface area contributed by atoms with Crippen molar-refractivity contribution in [2.45, 2.75) is 39.0 Å². The number of nitrogens with one attached hydrogen (secondary N) is 1. The van der Waals surface area contributed by atoms with Crippen LogP contribution in [0.5, 0.6) is 0 Å². The molecule has 0 unspecified atom stereocenters. The summed E-state index contributed by atoms with van der Waals surface area (Å²) in [6.07, 6.45) is 8.95. The first-order chi connectivity index (χ1) is 8.10. The monoisotopic (exact) mass is 239 g/mol. The van der Waals surface area contributed by atoms with Gasteiger partial charge in [-0.05, 0) is 18.4 Å². The third-order valence-corrected chi connectivity index (χ3v) is 2.30. The zero-order chi connectivity index (χ0) is 13.1. The van der Waals surface area contributed by atoms with Gasteiger partial charge < -0.3 is 10.4 Å². The molecule has 4 nitrogen and oxygen atoms in total. The molecule has 0 aliphatic carbocycles. The number of carboxylic acid groups (broad SMARTS) is 1. The Morgan fingerprint density at radius 2 is 1.94 bits per heavy atom. The summed E-state index contributed by atoms with van der Waals surface area (Å²) in [6, 6.07) is 0. The molecule has 0 aromatic rings. The number of rotatable bonds is 8. The molecule has 0 saturated heterocycles. The van der Waals surface area contributed by atoms with Crippen molar-refractivity contribution in [3.63, 3.8) is 0 Å². The highest BCUT2D eigenvalue weighted by Crippen LogP contribution is 2.08. The van der Waals surface area contributed by atoms with Crippen LogP contribution in [-0.2, 0) is 9.59 Å². The van der Waals surface area contributed by atoms with Crippen LogP contribution in [0.25, 0.3) is 0 Å². The van der Waals surface area contributed by atoms with Gasteiger partial charge in [0.1, 0.15) is 0 Å². The minimum atomic E-state index is -0.999. The van der Waals surface area contributed by atoms with Crippen LogP contribution < -0.4 is 5.32 Å². The highest BCUT2D eigenvalue weighted by atomic mass is 16.4. The van der Waals surface area contributed by atoms with E-state index in [1.165, 1.54) is 6.08 Å². The van der Waals surface area contributed by atoms with Crippen molar-refractivity contribution in [1.82, 2.24) is 5.32 Å². The lowest BCUT2D eigenvalue weighted by atomic mass is 10.1. The summed E-state index contributed by atoms with van der Waals surface area (Å²) in [5, 5.41) is 11.1. The van der Waals surface area contributed by atoms with Crippen LogP contribution >= 0.6 is 0 Å². The van der Waals surface area contributed by atoms with E-state index in [4.69, 9.17) is 5.11 Å². The molecule has 0 atom stereocenters. The van der Waals surface area contributed by atoms with Crippen molar-refractivity contribution in [3.05, 3.63) is 23.8 Å². The molecular weight excluding hydrogens is 218 g/mol. The number of carboxylic acids is 1. The fraction of sp³-hybridized carbons (Fsp3) is 0.538. The standard InChI is InChI=1S/C13H21NO3/c1-3-4-5-6-7-11(8-9-13(16)17)10-12(15)14-2/h7-9H,3-6,10H2,1-2H3,(H,14,15)(H,16,17)/b9-8+,11-7-. The second-order valence-electron chi connectivity index (χ2n) is 3.80. The number of hydrogen-bond donors (Lipinski definition) is 2. The first kappa shape index (κ1) is 15.4. The molecular formula is C13H21NO3. The van der Waals surface area contributed by atoms with E-state index in [1.54, 1.807) is 7.05 Å². The highest BCUT2D eigenvalue weighted by molar-refractivity contribution is 5.82. The summed E-state index contributed by atoms with van der Waals surface area (Å²) in [5.74, 6) is -1.11. The number of hydrogen-bond acceptors (Lipinski definition) is 2. The van der Waals surface area contributed by atoms with Crippen LogP contribution in [0, 0.1) is 0 Å². The average Bonchev–Trinajstić information content (AvgIpc) is 2.30. The molecule has 17 heavy (non-hydrogen) atoms. The predicted molar refractivity (Wildman–Crippen MR) is 67.7 cm³/mol. The maximum absolute atomic E-state index is 11.2. The zero-order valence-electron chi connectivity index (χ0n) is 10.5. The SMILES string of the molecule is CCCCC/C=C(/C=C/C(=O)O)CC(=O)NC. The van der Waals surface area contributed by atoms with Gasteiger partial charge in [-0.15, -0.1) is 0 Å². The second-order valence-corrected chi connectivity index (χ2v) is 3.80. The number of carbonyl (C=O) groups excluding carboxylic acids is 1. The van der Waals surface area contributed by atoms with Gasteiger partial charge in [-0.2, -0.15) is 0 Å². The molecule has 0 spiro atoms. The van der Waals surface area contributed by atoms with Gasteiger partial charge in [0, 0.05) is 13.1 Å². The molecule has 0 aromatic carbocycles. The van der Waals surface area contributed by atoms with Crippen molar-refractivity contribution in [2.24, 2.45) is 0 Å². The minimum Gasteiger partial charge on any atom is -0.478 e. The quantitative estimate of drug-likeness (QED) is 0.388. The van der Waals surface area contributed by atoms with E-state index in [9.17, 15) is 9.59 Å². The molecule has 2 N–H and O–H groups in total. The highest BCUT2D eigenvalue weighted by Gasteiger charge is 2.01. The lowest BCUT2D eigenvalue weighted by Crippen LogP contribution is -2.17. The van der Waals surface area contributed by atoms with Crippen molar-refractivity contribution >= 4 is 11.9 Å². The maximum Gasteiger partial charge on any atom is 0.328 e. The molecule has 0 rings (SSSR count). The van der Waals surface area contributed by atoms with E-state index in [2.05, 4.69) is 12.2 Å². The van der Waals surface area contributed by atoms with Crippen molar-refractivity contribution < 1.29 is 14.7 Å². The van der Waals surface area contributed by atoms with Gasteiger partial charge in [-0.3, -0.25) is 4.79 Å². The van der Waals surface area contributed by atoms with E-state index in [0.29, 0.717) is 0 Å². The number of amides is 1. The molecule has 0 heterocycles. The van der Waals surface area contributed by atoms with Crippen molar-refractivity contribution in [3.8, 4) is 0 Å². The Morgan fingerprint density at radius 3 is 2.47 bits per heavy atom. The van der Waals surface area contributed by atoms with Gasteiger partial charge >= 0.3 is 5.97 Å². The lowest BCUT2D eigenvalue weighted by molar-refractivity contribution is -0.131. The number of unbranched alkanes of at least 4 members (excludes halogenated alkanes) is 3. The van der Waals surface area contributed by atoms with Crippen LogP contribution in [0.3, 0.4) is 0 Å². The van der Waals surface area contributed by atoms with Gasteiger partial charge in [0.05, 0.1) is 6.42 Å². The number of aliphatic carboxylic acids is 1. The van der Waals surface area contributed by atoms with E-state index in [1.807, 2.05) is 6.08 Å². The van der Waals surface area contributed by atoms with Crippen LogP contribution in [0.2, 0.25) is 0 Å². The Kier molecular flexibility index (Phi) is 8.74. The van der Waals surface area contributed by atoms with Crippen molar-refractivity contribution in [2.75, 3.05) is 7.05 Å². The van der Waals surface area contributed by atoms with Crippen LogP contribution in [-0.4, -0.2) is 24.0 Å². The van der Waals surface area contributed by atoms with Crippen LogP contribution in [0.4, 0.5) is 0 Å². The molecule has 0 radical (unpaired) electrons. The summed E-state index contributed by atoms with van der Waals surface area (Å²) in [5.41, 5.74) is 0.753. The molecule has 0 aliphatic heterocycles. The molecule has 0 saturated carbocycles. The fourth-order valence-corrected chi connectivity index (χ4v) is 1.33. The molecule has 1 amide bonds. The smallest absolute Gasteiger partial charge is 0.328 e. The minimum absolute atomic E-state index is 0.109. The summed E-state index contributed by atoms with van der Waals surface area (Å²) < 4.78 is 0. The van der Waals surface area contributed by atoms with Gasteiger partial charge in [0.15, 0.2) is 0 Å². The number of carbonyl (C=O) groups is 2. The molecule has 0 fully saturated rings. The van der Waals surface area contributed by atoms with Gasteiger partial charge in [0.25, 0.3) is 0 Å². The molecule has 0 aliphatic rings. The number of allylic oxidation sites excluding steroid dienone is 2. The average molecular weight is 239 g/mol. The normalized spacial score (nSPS) is 11.8. The summed E-state index contributed by atoms with van der Waals surface area (Å²) >= 11 is 0. The molecule has 0 aromatic heterocycles.